The first-order chi connectivity index (χ1) is 15.3. The average Bonchev–Trinajstić information content (AvgIpc) is 2.82. The molecular weight excluding hydrogens is 441 g/mol. The lowest BCUT2D eigenvalue weighted by Gasteiger charge is -2.30. The van der Waals surface area contributed by atoms with Crippen molar-refractivity contribution in [1.82, 2.24) is 4.31 Å². The maximum absolute atomic E-state index is 13.1. The van der Waals surface area contributed by atoms with Gasteiger partial charge in [-0.15, -0.1) is 0 Å². The van der Waals surface area contributed by atoms with Gasteiger partial charge in [-0.05, 0) is 55.3 Å². The summed E-state index contributed by atoms with van der Waals surface area (Å²) < 4.78 is 55.4. The van der Waals surface area contributed by atoms with Gasteiger partial charge in [-0.25, -0.2) is 12.8 Å². The Balaban J connectivity index is 1.64. The van der Waals surface area contributed by atoms with Crippen molar-refractivity contribution < 1.29 is 36.6 Å². The number of carbonyl (C=O) groups is 2. The number of piperidine rings is 1. The quantitative estimate of drug-likeness (QED) is 0.437. The molecule has 1 heterocycles. The first-order valence-corrected chi connectivity index (χ1v) is 11.4. The maximum Gasteiger partial charge on any atom is 0.310 e. The van der Waals surface area contributed by atoms with Crippen molar-refractivity contribution >= 4 is 21.8 Å². The molecule has 8 nitrogen and oxygen atoms in total. The zero-order valence-corrected chi connectivity index (χ0v) is 18.6. The maximum atomic E-state index is 13.1. The Kier molecular flexibility index (Phi) is 7.47. The first-order valence-electron chi connectivity index (χ1n) is 9.94. The highest BCUT2D eigenvalue weighted by molar-refractivity contribution is 7.89. The highest BCUT2D eigenvalue weighted by atomic mass is 32.2. The van der Waals surface area contributed by atoms with Crippen LogP contribution in [-0.4, -0.2) is 58.4 Å². The Morgan fingerprint density at radius 2 is 1.81 bits per heavy atom. The predicted molar refractivity (Wildman–Crippen MR) is 113 cm³/mol. The van der Waals surface area contributed by atoms with Gasteiger partial charge in [-0.1, -0.05) is 0 Å². The van der Waals surface area contributed by atoms with E-state index in [1.54, 1.807) is 12.1 Å². The summed E-state index contributed by atoms with van der Waals surface area (Å²) in [6.07, 6.45) is 0.892. The van der Waals surface area contributed by atoms with Crippen molar-refractivity contribution in [2.75, 3.05) is 33.9 Å². The molecule has 1 atom stereocenters. The minimum Gasteiger partial charge on any atom is -0.497 e. The van der Waals surface area contributed by atoms with Crippen LogP contribution in [0.25, 0.3) is 0 Å². The Hall–Kier alpha value is -2.98. The molecule has 1 aliphatic heterocycles. The molecule has 1 aliphatic rings. The summed E-state index contributed by atoms with van der Waals surface area (Å²) in [6.45, 7) is -0.345. The number of methoxy groups -OCH3 is 2. The van der Waals surface area contributed by atoms with Crippen molar-refractivity contribution in [2.24, 2.45) is 5.92 Å². The lowest BCUT2D eigenvalue weighted by atomic mass is 10.00. The van der Waals surface area contributed by atoms with Gasteiger partial charge in [0.2, 0.25) is 15.8 Å². The number of hydrogen-bond donors (Lipinski definition) is 0. The summed E-state index contributed by atoms with van der Waals surface area (Å²) >= 11 is 0. The summed E-state index contributed by atoms with van der Waals surface area (Å²) in [4.78, 5) is 25.1. The second-order valence-corrected chi connectivity index (χ2v) is 9.19. The third-order valence-electron chi connectivity index (χ3n) is 5.22. The van der Waals surface area contributed by atoms with Crippen LogP contribution in [0.3, 0.4) is 0 Å². The monoisotopic (exact) mass is 465 g/mol. The average molecular weight is 465 g/mol. The van der Waals surface area contributed by atoms with E-state index in [0.29, 0.717) is 24.3 Å². The minimum absolute atomic E-state index is 0.0479. The van der Waals surface area contributed by atoms with Crippen LogP contribution in [0.1, 0.15) is 23.2 Å². The molecule has 1 unspecified atom stereocenters. The molecule has 2 aromatic rings. The summed E-state index contributed by atoms with van der Waals surface area (Å²) in [6, 6.07) is 9.22. The van der Waals surface area contributed by atoms with Crippen LogP contribution in [-0.2, 0) is 19.6 Å². The number of rotatable bonds is 8. The summed E-state index contributed by atoms with van der Waals surface area (Å²) in [7, 11) is -0.992. The van der Waals surface area contributed by atoms with E-state index in [1.165, 1.54) is 36.7 Å². The molecule has 0 bridgehead atoms. The van der Waals surface area contributed by atoms with Gasteiger partial charge in [0, 0.05) is 13.1 Å². The highest BCUT2D eigenvalue weighted by Crippen LogP contribution is 2.26. The van der Waals surface area contributed by atoms with Crippen LogP contribution in [0.15, 0.2) is 47.4 Å². The summed E-state index contributed by atoms with van der Waals surface area (Å²) in [5.41, 5.74) is 0.212. The van der Waals surface area contributed by atoms with Gasteiger partial charge in [-0.3, -0.25) is 9.59 Å². The molecule has 10 heteroatoms. The van der Waals surface area contributed by atoms with E-state index in [-0.39, 0.29) is 23.5 Å². The van der Waals surface area contributed by atoms with Gasteiger partial charge in [0.25, 0.3) is 0 Å². The number of nitrogens with zero attached hydrogens (tertiary/aromatic N) is 1. The van der Waals surface area contributed by atoms with Crippen molar-refractivity contribution in [2.45, 2.75) is 17.7 Å². The lowest BCUT2D eigenvalue weighted by molar-refractivity contribution is -0.148. The minimum atomic E-state index is -3.87. The van der Waals surface area contributed by atoms with E-state index in [9.17, 15) is 22.4 Å². The molecule has 32 heavy (non-hydrogen) atoms. The Bertz CT molecular complexity index is 1090. The molecule has 1 fully saturated rings. The highest BCUT2D eigenvalue weighted by Gasteiger charge is 2.34. The predicted octanol–water partition coefficient (Wildman–Crippen LogP) is 2.67. The van der Waals surface area contributed by atoms with Gasteiger partial charge in [0.05, 0.1) is 30.6 Å². The van der Waals surface area contributed by atoms with E-state index >= 15 is 0 Å². The summed E-state index contributed by atoms with van der Waals surface area (Å²) in [5.74, 6) is -1.60. The molecule has 0 saturated carbocycles. The number of carbonyl (C=O) groups excluding carboxylic acids is 2. The Morgan fingerprint density at radius 3 is 2.47 bits per heavy atom. The molecule has 2 aromatic carbocycles. The summed E-state index contributed by atoms with van der Waals surface area (Å²) in [5, 5.41) is 0. The van der Waals surface area contributed by atoms with E-state index in [1.807, 2.05) is 0 Å². The molecular formula is C22H24FNO7S. The van der Waals surface area contributed by atoms with Crippen LogP contribution >= 0.6 is 0 Å². The molecule has 3 rings (SSSR count). The zero-order valence-electron chi connectivity index (χ0n) is 17.7. The number of ether oxygens (including phenoxy) is 3. The van der Waals surface area contributed by atoms with E-state index in [4.69, 9.17) is 14.2 Å². The molecule has 0 spiro atoms. The van der Waals surface area contributed by atoms with Crippen LogP contribution < -0.4 is 9.47 Å². The number of Topliss-reactive ketones (excluding diaryl/α,β-unsaturated/α-hetero) is 1. The van der Waals surface area contributed by atoms with Crippen LogP contribution in [0, 0.1) is 11.7 Å². The second-order valence-electron chi connectivity index (χ2n) is 7.25. The number of sulfonamides is 1. The molecule has 0 aliphatic carbocycles. The normalized spacial score (nSPS) is 16.9. The molecule has 0 radical (unpaired) electrons. The molecule has 1 saturated heterocycles. The lowest BCUT2D eigenvalue weighted by Crippen LogP contribution is -2.43. The number of hydrogen-bond acceptors (Lipinski definition) is 7. The standard InChI is InChI=1S/C22H24FNO7S/c1-29-17-7-10-21(30-2)19(12-17)20(25)14-31-22(26)15-4-3-11-24(13-15)32(27,28)18-8-5-16(23)6-9-18/h5-10,12,15H,3-4,11,13-14H2,1-2H3. The third-order valence-corrected chi connectivity index (χ3v) is 7.10. The smallest absolute Gasteiger partial charge is 0.310 e. The third kappa shape index (κ3) is 5.25. The fourth-order valence-electron chi connectivity index (χ4n) is 3.47. The van der Waals surface area contributed by atoms with E-state index in [0.717, 1.165) is 12.1 Å². The Morgan fingerprint density at radius 1 is 1.09 bits per heavy atom. The number of halogens is 1. The zero-order chi connectivity index (χ0) is 23.3. The van der Waals surface area contributed by atoms with Crippen LogP contribution in [0.5, 0.6) is 11.5 Å². The SMILES string of the molecule is COc1ccc(OC)c(C(=O)COC(=O)C2CCCN(S(=O)(=O)c3ccc(F)cc3)C2)c1. The molecule has 0 N–H and O–H groups in total. The van der Waals surface area contributed by atoms with Gasteiger partial charge in [0.15, 0.2) is 6.61 Å². The van der Waals surface area contributed by atoms with Crippen LogP contribution in [0.2, 0.25) is 0 Å². The number of ketones is 1. The van der Waals surface area contributed by atoms with Crippen molar-refractivity contribution in [1.29, 1.82) is 0 Å². The van der Waals surface area contributed by atoms with Crippen molar-refractivity contribution in [3.05, 3.63) is 53.8 Å². The fraction of sp³-hybridized carbons (Fsp3) is 0.364. The molecule has 172 valence electrons. The Labute approximate surface area is 185 Å². The van der Waals surface area contributed by atoms with Gasteiger partial charge < -0.3 is 14.2 Å². The molecule has 0 aromatic heterocycles. The fourth-order valence-corrected chi connectivity index (χ4v) is 5.00. The first kappa shape index (κ1) is 23.7. The van der Waals surface area contributed by atoms with Crippen molar-refractivity contribution in [3.8, 4) is 11.5 Å². The van der Waals surface area contributed by atoms with Gasteiger partial charge in [0.1, 0.15) is 17.3 Å². The largest absolute Gasteiger partial charge is 0.497 e. The second kappa shape index (κ2) is 10.1. The number of esters is 1. The van der Waals surface area contributed by atoms with Crippen molar-refractivity contribution in [3.63, 3.8) is 0 Å². The van der Waals surface area contributed by atoms with Gasteiger partial charge >= 0.3 is 5.97 Å². The molecule has 0 amide bonds. The van der Waals surface area contributed by atoms with E-state index in [2.05, 4.69) is 0 Å². The number of benzene rings is 2. The topological polar surface area (TPSA) is 99.2 Å². The van der Waals surface area contributed by atoms with Gasteiger partial charge in [-0.2, -0.15) is 4.31 Å². The van der Waals surface area contributed by atoms with E-state index < -0.39 is 40.1 Å². The van der Waals surface area contributed by atoms with Crippen LogP contribution in [0.4, 0.5) is 4.39 Å².